The number of para-hydroxylation sites is 2. The van der Waals surface area contributed by atoms with Crippen molar-refractivity contribution >= 4 is 33.6 Å². The number of nitrogens with one attached hydrogen (secondary N) is 2. The summed E-state index contributed by atoms with van der Waals surface area (Å²) in [6, 6.07) is 16.0. The Morgan fingerprint density at radius 3 is 1.40 bits per heavy atom. The topological polar surface area (TPSA) is 72.2 Å². The van der Waals surface area contributed by atoms with Crippen molar-refractivity contribution in [3.05, 3.63) is 59.7 Å². The van der Waals surface area contributed by atoms with Crippen LogP contribution in [-0.2, 0) is 22.4 Å². The van der Waals surface area contributed by atoms with E-state index in [1.54, 1.807) is 38.0 Å². The number of hydrogen-bond donors (Lipinski definition) is 2. The summed E-state index contributed by atoms with van der Waals surface area (Å²) in [5.41, 5.74) is 5.55. The molecular formula is C24H26N4O2. The van der Waals surface area contributed by atoms with E-state index in [0.717, 1.165) is 44.3 Å². The van der Waals surface area contributed by atoms with Crippen LogP contribution in [0.1, 0.15) is 11.1 Å². The predicted octanol–water partition coefficient (Wildman–Crippen LogP) is 3.58. The van der Waals surface area contributed by atoms with Crippen LogP contribution < -0.4 is 0 Å². The molecule has 0 radical (unpaired) electrons. The molecule has 0 saturated heterocycles. The molecule has 0 fully saturated rings. The van der Waals surface area contributed by atoms with Crippen LogP contribution in [-0.4, -0.2) is 59.8 Å². The van der Waals surface area contributed by atoms with Gasteiger partial charge in [0.2, 0.25) is 11.8 Å². The van der Waals surface area contributed by atoms with Gasteiger partial charge in [-0.3, -0.25) is 9.59 Å². The zero-order valence-electron chi connectivity index (χ0n) is 17.7. The number of carbonyl (C=O) groups is 2. The molecule has 4 rings (SSSR count). The number of rotatable bonds is 5. The zero-order valence-corrected chi connectivity index (χ0v) is 17.7. The van der Waals surface area contributed by atoms with Crippen molar-refractivity contribution in [1.29, 1.82) is 0 Å². The Hall–Kier alpha value is -3.54. The smallest absolute Gasteiger partial charge is 0.226 e. The van der Waals surface area contributed by atoms with E-state index < -0.39 is 0 Å². The molecule has 6 heteroatoms. The third-order valence-corrected chi connectivity index (χ3v) is 5.53. The lowest BCUT2D eigenvalue weighted by molar-refractivity contribution is -0.128. The molecule has 30 heavy (non-hydrogen) atoms. The highest BCUT2D eigenvalue weighted by atomic mass is 16.2. The molecular weight excluding hydrogens is 376 g/mol. The summed E-state index contributed by atoms with van der Waals surface area (Å²) in [4.78, 5) is 35.4. The molecule has 0 bridgehead atoms. The van der Waals surface area contributed by atoms with Gasteiger partial charge in [-0.05, 0) is 23.3 Å². The minimum atomic E-state index is 0.0306. The Labute approximate surface area is 175 Å². The summed E-state index contributed by atoms with van der Waals surface area (Å²) in [5.74, 6) is 0.0612. The number of carbonyl (C=O) groups excluding carboxylic acids is 2. The Morgan fingerprint density at radius 1 is 0.667 bits per heavy atom. The fourth-order valence-corrected chi connectivity index (χ4v) is 3.81. The van der Waals surface area contributed by atoms with Crippen LogP contribution in [0.5, 0.6) is 0 Å². The molecule has 0 atom stereocenters. The average Bonchev–Trinajstić information content (AvgIpc) is 3.26. The number of likely N-dealkylation sites (N-methyl/N-ethyl adjacent to an activating group) is 2. The van der Waals surface area contributed by atoms with E-state index in [-0.39, 0.29) is 24.7 Å². The van der Waals surface area contributed by atoms with Gasteiger partial charge in [0, 0.05) is 50.0 Å². The lowest BCUT2D eigenvalue weighted by atomic mass is 10.0. The van der Waals surface area contributed by atoms with E-state index >= 15 is 0 Å². The van der Waals surface area contributed by atoms with E-state index in [9.17, 15) is 9.59 Å². The number of aromatic amines is 2. The van der Waals surface area contributed by atoms with Crippen molar-refractivity contribution in [3.8, 4) is 11.4 Å². The number of H-pyrrole nitrogens is 2. The number of aromatic nitrogens is 2. The van der Waals surface area contributed by atoms with Gasteiger partial charge in [0.1, 0.15) is 0 Å². The van der Waals surface area contributed by atoms with Crippen LogP contribution in [0.2, 0.25) is 0 Å². The van der Waals surface area contributed by atoms with Crippen LogP contribution in [0.4, 0.5) is 0 Å². The summed E-state index contributed by atoms with van der Waals surface area (Å²) in [6.45, 7) is 0. The fraction of sp³-hybridized carbons (Fsp3) is 0.250. The molecule has 2 heterocycles. The molecule has 0 aliphatic carbocycles. The van der Waals surface area contributed by atoms with Gasteiger partial charge in [0.25, 0.3) is 0 Å². The highest BCUT2D eigenvalue weighted by Gasteiger charge is 2.23. The van der Waals surface area contributed by atoms with Gasteiger partial charge in [0.15, 0.2) is 0 Å². The minimum absolute atomic E-state index is 0.0306. The van der Waals surface area contributed by atoms with Crippen LogP contribution in [0, 0.1) is 0 Å². The van der Waals surface area contributed by atoms with Gasteiger partial charge >= 0.3 is 0 Å². The van der Waals surface area contributed by atoms with Crippen LogP contribution in [0.3, 0.4) is 0 Å². The molecule has 2 N–H and O–H groups in total. The standard InChI is InChI=1S/C24H26N4O2/c1-27(2)21(29)13-17-15-9-5-7-11-19(15)25-23(17)24-18(14-22(30)28(3)4)16-10-6-8-12-20(16)26-24/h5-12,25-26H,13-14H2,1-4H3. The number of nitrogens with zero attached hydrogens (tertiary/aromatic N) is 2. The van der Waals surface area contributed by atoms with Crippen molar-refractivity contribution in [3.63, 3.8) is 0 Å². The van der Waals surface area contributed by atoms with Crippen molar-refractivity contribution in [1.82, 2.24) is 19.8 Å². The summed E-state index contributed by atoms with van der Waals surface area (Å²) in [7, 11) is 7.06. The molecule has 0 aliphatic heterocycles. The summed E-state index contributed by atoms with van der Waals surface area (Å²) in [6.07, 6.45) is 0.561. The van der Waals surface area contributed by atoms with Gasteiger partial charge < -0.3 is 19.8 Å². The van der Waals surface area contributed by atoms with Crippen molar-refractivity contribution < 1.29 is 9.59 Å². The maximum Gasteiger partial charge on any atom is 0.226 e. The normalized spacial score (nSPS) is 11.2. The van der Waals surface area contributed by atoms with Crippen molar-refractivity contribution in [2.45, 2.75) is 12.8 Å². The first-order valence-electron chi connectivity index (χ1n) is 9.96. The second kappa shape index (κ2) is 7.71. The van der Waals surface area contributed by atoms with Gasteiger partial charge in [0.05, 0.1) is 24.2 Å². The Bertz CT molecular complexity index is 1150. The lowest BCUT2D eigenvalue weighted by Gasteiger charge is -2.13. The number of hydrogen-bond acceptors (Lipinski definition) is 2. The second-order valence-electron chi connectivity index (χ2n) is 7.98. The van der Waals surface area contributed by atoms with E-state index in [2.05, 4.69) is 9.97 Å². The number of fused-ring (bicyclic) bond motifs is 2. The van der Waals surface area contributed by atoms with E-state index in [0.29, 0.717) is 0 Å². The van der Waals surface area contributed by atoms with Gasteiger partial charge in [-0.25, -0.2) is 0 Å². The van der Waals surface area contributed by atoms with Crippen LogP contribution in [0.25, 0.3) is 33.2 Å². The van der Waals surface area contributed by atoms with Crippen molar-refractivity contribution in [2.75, 3.05) is 28.2 Å². The van der Waals surface area contributed by atoms with Crippen LogP contribution >= 0.6 is 0 Å². The van der Waals surface area contributed by atoms with Gasteiger partial charge in [-0.1, -0.05) is 36.4 Å². The zero-order chi connectivity index (χ0) is 21.4. The Balaban J connectivity index is 1.96. The van der Waals surface area contributed by atoms with Crippen LogP contribution in [0.15, 0.2) is 48.5 Å². The first-order valence-corrected chi connectivity index (χ1v) is 9.96. The summed E-state index contributed by atoms with van der Waals surface area (Å²) < 4.78 is 0. The van der Waals surface area contributed by atoms with Crippen molar-refractivity contribution in [2.24, 2.45) is 0 Å². The average molecular weight is 402 g/mol. The molecule has 2 aromatic heterocycles. The highest BCUT2D eigenvalue weighted by Crippen LogP contribution is 2.36. The Kier molecular flexibility index (Phi) is 5.08. The monoisotopic (exact) mass is 402 g/mol. The first kappa shape index (κ1) is 19.8. The third-order valence-electron chi connectivity index (χ3n) is 5.53. The number of benzene rings is 2. The van der Waals surface area contributed by atoms with E-state index in [1.807, 2.05) is 48.5 Å². The highest BCUT2D eigenvalue weighted by molar-refractivity contribution is 6.00. The van der Waals surface area contributed by atoms with E-state index in [4.69, 9.17) is 0 Å². The Morgan fingerprint density at radius 2 is 1.03 bits per heavy atom. The second-order valence-corrected chi connectivity index (χ2v) is 7.98. The molecule has 0 spiro atoms. The lowest BCUT2D eigenvalue weighted by Crippen LogP contribution is -2.24. The third kappa shape index (κ3) is 3.45. The largest absolute Gasteiger partial charge is 0.353 e. The molecule has 2 amide bonds. The fourth-order valence-electron chi connectivity index (χ4n) is 3.81. The molecule has 2 aromatic carbocycles. The summed E-state index contributed by atoms with van der Waals surface area (Å²) in [5, 5.41) is 2.04. The quantitative estimate of drug-likeness (QED) is 0.536. The molecule has 154 valence electrons. The minimum Gasteiger partial charge on any atom is -0.353 e. The van der Waals surface area contributed by atoms with Gasteiger partial charge in [-0.2, -0.15) is 0 Å². The predicted molar refractivity (Wildman–Crippen MR) is 120 cm³/mol. The molecule has 6 nitrogen and oxygen atoms in total. The molecule has 0 saturated carbocycles. The first-order chi connectivity index (χ1) is 14.4. The maximum absolute atomic E-state index is 12.6. The van der Waals surface area contributed by atoms with E-state index in [1.165, 1.54) is 0 Å². The molecule has 0 unspecified atom stereocenters. The molecule has 0 aliphatic rings. The van der Waals surface area contributed by atoms with Gasteiger partial charge in [-0.15, -0.1) is 0 Å². The number of amides is 2. The summed E-state index contributed by atoms with van der Waals surface area (Å²) >= 11 is 0. The maximum atomic E-state index is 12.6. The SMILES string of the molecule is CN(C)C(=O)Cc1c(-c2[nH]c3ccccc3c2CC(=O)N(C)C)[nH]c2ccccc12. The molecule has 4 aromatic rings.